The van der Waals surface area contributed by atoms with E-state index < -0.39 is 5.91 Å². The van der Waals surface area contributed by atoms with E-state index >= 15 is 0 Å². The highest BCUT2D eigenvalue weighted by Gasteiger charge is 2.12. The van der Waals surface area contributed by atoms with Crippen LogP contribution in [0.5, 0.6) is 5.75 Å². The molecule has 1 heterocycles. The highest BCUT2D eigenvalue weighted by molar-refractivity contribution is 7.99. The molecular weight excluding hydrogens is 364 g/mol. The molecule has 3 N–H and O–H groups in total. The quantitative estimate of drug-likeness (QED) is 0.502. The van der Waals surface area contributed by atoms with Crippen molar-refractivity contribution in [2.75, 3.05) is 12.9 Å². The number of nitrogens with one attached hydrogen (secondary N) is 1. The van der Waals surface area contributed by atoms with Gasteiger partial charge in [0.1, 0.15) is 5.75 Å². The predicted molar refractivity (Wildman–Crippen MR) is 105 cm³/mol. The molecule has 1 aromatic carbocycles. The topological polar surface area (TPSA) is 107 Å². The molecule has 144 valence electrons. The summed E-state index contributed by atoms with van der Waals surface area (Å²) in [4.78, 5) is 31.8. The summed E-state index contributed by atoms with van der Waals surface area (Å²) in [6, 6.07) is 7.59. The van der Waals surface area contributed by atoms with Crippen molar-refractivity contribution in [2.45, 2.75) is 38.4 Å². The second-order valence-corrected chi connectivity index (χ2v) is 6.98. The lowest BCUT2D eigenvalue weighted by Crippen LogP contribution is -2.23. The molecule has 0 aliphatic rings. The monoisotopic (exact) mass is 388 g/mol. The zero-order valence-electron chi connectivity index (χ0n) is 15.7. The van der Waals surface area contributed by atoms with E-state index in [0.717, 1.165) is 28.3 Å². The van der Waals surface area contributed by atoms with Crippen molar-refractivity contribution in [2.24, 2.45) is 5.73 Å². The molecule has 7 nitrogen and oxygen atoms in total. The highest BCUT2D eigenvalue weighted by Crippen LogP contribution is 2.19. The van der Waals surface area contributed by atoms with E-state index in [-0.39, 0.29) is 11.7 Å². The van der Waals surface area contributed by atoms with E-state index in [9.17, 15) is 9.59 Å². The number of carbonyl (C=O) groups excluding carboxylic acids is 2. The van der Waals surface area contributed by atoms with Gasteiger partial charge >= 0.3 is 0 Å². The Bertz CT molecular complexity index is 803. The van der Waals surface area contributed by atoms with E-state index in [0.29, 0.717) is 24.5 Å². The molecule has 0 saturated heterocycles. The maximum absolute atomic E-state index is 12.2. The van der Waals surface area contributed by atoms with Gasteiger partial charge in [-0.2, -0.15) is 0 Å². The number of thioether (sulfide) groups is 1. The summed E-state index contributed by atoms with van der Waals surface area (Å²) in [7, 11) is 1.61. The minimum Gasteiger partial charge on any atom is -0.497 e. The molecule has 0 spiro atoms. The zero-order chi connectivity index (χ0) is 19.8. The number of aromatic nitrogens is 2. The Morgan fingerprint density at radius 2 is 1.93 bits per heavy atom. The van der Waals surface area contributed by atoms with Gasteiger partial charge in [-0.3, -0.25) is 9.59 Å². The number of benzene rings is 1. The van der Waals surface area contributed by atoms with Crippen LogP contribution < -0.4 is 15.8 Å². The average molecular weight is 388 g/mol. The molecule has 0 aliphatic heterocycles. The SMILES string of the molecule is COc1cccc(CNC(=O)CCc2c(C)nc(SCC(N)=O)nc2C)c1. The Hall–Kier alpha value is -2.61. The first-order valence-electron chi connectivity index (χ1n) is 8.54. The summed E-state index contributed by atoms with van der Waals surface area (Å²) >= 11 is 1.21. The summed E-state index contributed by atoms with van der Waals surface area (Å²) in [5.74, 6) is 0.462. The molecule has 8 heteroatoms. The van der Waals surface area contributed by atoms with Gasteiger partial charge in [0.15, 0.2) is 5.16 Å². The fraction of sp³-hybridized carbons (Fsp3) is 0.368. The Kier molecular flexibility index (Phi) is 7.60. The van der Waals surface area contributed by atoms with Crippen molar-refractivity contribution in [3.63, 3.8) is 0 Å². The number of ether oxygens (including phenoxy) is 1. The Morgan fingerprint density at radius 3 is 2.56 bits per heavy atom. The molecule has 2 rings (SSSR count). The van der Waals surface area contributed by atoms with Crippen molar-refractivity contribution in [1.82, 2.24) is 15.3 Å². The van der Waals surface area contributed by atoms with Gasteiger partial charge in [0.25, 0.3) is 0 Å². The maximum atomic E-state index is 12.2. The molecule has 0 fully saturated rings. The predicted octanol–water partition coefficient (Wildman–Crippen LogP) is 1.93. The van der Waals surface area contributed by atoms with Gasteiger partial charge in [0.05, 0.1) is 12.9 Å². The molecule has 0 saturated carbocycles. The number of aryl methyl sites for hydroxylation is 2. The van der Waals surface area contributed by atoms with Crippen molar-refractivity contribution in [3.8, 4) is 5.75 Å². The molecule has 0 unspecified atom stereocenters. The van der Waals surface area contributed by atoms with Crippen LogP contribution in [0.1, 0.15) is 28.9 Å². The summed E-state index contributed by atoms with van der Waals surface area (Å²) in [5.41, 5.74) is 8.71. The third-order valence-electron chi connectivity index (χ3n) is 3.97. The standard InChI is InChI=1S/C19H24N4O3S/c1-12-16(13(2)23-19(22-12)27-11-17(20)24)7-8-18(25)21-10-14-5-4-6-15(9-14)26-3/h4-6,9H,7-8,10-11H2,1-3H3,(H2,20,24)(H,21,25). The molecule has 27 heavy (non-hydrogen) atoms. The lowest BCUT2D eigenvalue weighted by Gasteiger charge is -2.11. The number of nitrogens with two attached hydrogens (primary N) is 1. The first kappa shape index (κ1) is 20.7. The van der Waals surface area contributed by atoms with E-state index in [1.165, 1.54) is 11.8 Å². The molecular formula is C19H24N4O3S. The Morgan fingerprint density at radius 1 is 1.22 bits per heavy atom. The number of nitrogens with zero attached hydrogens (tertiary/aromatic N) is 2. The molecule has 0 radical (unpaired) electrons. The summed E-state index contributed by atoms with van der Waals surface area (Å²) < 4.78 is 5.18. The van der Waals surface area contributed by atoms with Crippen LogP contribution >= 0.6 is 11.8 Å². The van der Waals surface area contributed by atoms with Crippen LogP contribution in [0, 0.1) is 13.8 Å². The van der Waals surface area contributed by atoms with Crippen LogP contribution in [0.2, 0.25) is 0 Å². The van der Waals surface area contributed by atoms with E-state index in [4.69, 9.17) is 10.5 Å². The second kappa shape index (κ2) is 9.91. The number of hydrogen-bond acceptors (Lipinski definition) is 6. The van der Waals surface area contributed by atoms with Gasteiger partial charge in [-0.15, -0.1) is 0 Å². The van der Waals surface area contributed by atoms with Crippen molar-refractivity contribution >= 4 is 23.6 Å². The molecule has 1 aromatic heterocycles. The number of primary amides is 1. The third-order valence-corrected chi connectivity index (χ3v) is 4.84. The van der Waals surface area contributed by atoms with Crippen LogP contribution in [0.3, 0.4) is 0 Å². The number of hydrogen-bond donors (Lipinski definition) is 2. The van der Waals surface area contributed by atoms with E-state index in [1.54, 1.807) is 7.11 Å². The second-order valence-electron chi connectivity index (χ2n) is 6.04. The number of methoxy groups -OCH3 is 1. The van der Waals surface area contributed by atoms with Crippen LogP contribution in [-0.4, -0.2) is 34.6 Å². The lowest BCUT2D eigenvalue weighted by atomic mass is 10.1. The Balaban J connectivity index is 1.89. The van der Waals surface area contributed by atoms with Gasteiger partial charge in [0, 0.05) is 24.4 Å². The highest BCUT2D eigenvalue weighted by atomic mass is 32.2. The molecule has 0 aliphatic carbocycles. The lowest BCUT2D eigenvalue weighted by molar-refractivity contribution is -0.121. The number of rotatable bonds is 9. The van der Waals surface area contributed by atoms with Crippen LogP contribution in [0.4, 0.5) is 0 Å². The number of carbonyl (C=O) groups is 2. The molecule has 2 amide bonds. The minimum absolute atomic E-state index is 0.0381. The maximum Gasteiger partial charge on any atom is 0.227 e. The Labute approximate surface area is 163 Å². The van der Waals surface area contributed by atoms with Gasteiger partial charge in [-0.25, -0.2) is 9.97 Å². The average Bonchev–Trinajstić information content (AvgIpc) is 2.64. The first-order chi connectivity index (χ1) is 12.9. The third kappa shape index (κ3) is 6.56. The van der Waals surface area contributed by atoms with E-state index in [1.807, 2.05) is 38.1 Å². The van der Waals surface area contributed by atoms with Gasteiger partial charge in [-0.05, 0) is 43.5 Å². The van der Waals surface area contributed by atoms with Gasteiger partial charge in [0.2, 0.25) is 11.8 Å². The summed E-state index contributed by atoms with van der Waals surface area (Å²) in [6.45, 7) is 4.21. The fourth-order valence-electron chi connectivity index (χ4n) is 2.58. The van der Waals surface area contributed by atoms with Gasteiger partial charge < -0.3 is 15.8 Å². The van der Waals surface area contributed by atoms with Crippen LogP contribution in [-0.2, 0) is 22.6 Å². The molecule has 0 atom stereocenters. The minimum atomic E-state index is -0.407. The number of amides is 2. The first-order valence-corrected chi connectivity index (χ1v) is 9.52. The summed E-state index contributed by atoms with van der Waals surface area (Å²) in [5, 5.41) is 3.44. The normalized spacial score (nSPS) is 10.5. The van der Waals surface area contributed by atoms with E-state index in [2.05, 4.69) is 15.3 Å². The van der Waals surface area contributed by atoms with Crippen molar-refractivity contribution < 1.29 is 14.3 Å². The smallest absolute Gasteiger partial charge is 0.227 e. The zero-order valence-corrected chi connectivity index (χ0v) is 16.6. The van der Waals surface area contributed by atoms with Crippen LogP contribution in [0.25, 0.3) is 0 Å². The summed E-state index contributed by atoms with van der Waals surface area (Å²) in [6.07, 6.45) is 0.908. The van der Waals surface area contributed by atoms with Crippen molar-refractivity contribution in [3.05, 3.63) is 46.8 Å². The van der Waals surface area contributed by atoms with Crippen LogP contribution in [0.15, 0.2) is 29.4 Å². The fourth-order valence-corrected chi connectivity index (χ4v) is 3.26. The molecule has 2 aromatic rings. The van der Waals surface area contributed by atoms with Gasteiger partial charge in [-0.1, -0.05) is 23.9 Å². The largest absolute Gasteiger partial charge is 0.497 e. The molecule has 0 bridgehead atoms. The van der Waals surface area contributed by atoms with Crippen molar-refractivity contribution in [1.29, 1.82) is 0 Å².